The molecule has 0 aliphatic rings. The number of para-hydroxylation sites is 1. The SMILES string of the molecule is COc1ccccc1C(=O)CC(O)C(C)(C)C. The smallest absolute Gasteiger partial charge is 0.169 e. The summed E-state index contributed by atoms with van der Waals surface area (Å²) in [6, 6.07) is 7.07. The van der Waals surface area contributed by atoms with Crippen molar-refractivity contribution < 1.29 is 14.6 Å². The van der Waals surface area contributed by atoms with Crippen molar-refractivity contribution in [1.29, 1.82) is 0 Å². The monoisotopic (exact) mass is 236 g/mol. The Labute approximate surface area is 102 Å². The molecule has 1 aromatic rings. The van der Waals surface area contributed by atoms with Gasteiger partial charge in [0, 0.05) is 6.42 Å². The molecule has 0 amide bonds. The predicted molar refractivity (Wildman–Crippen MR) is 67.4 cm³/mol. The Morgan fingerprint density at radius 3 is 2.47 bits per heavy atom. The minimum atomic E-state index is -0.653. The molecule has 0 heterocycles. The highest BCUT2D eigenvalue weighted by molar-refractivity contribution is 5.98. The Hall–Kier alpha value is -1.35. The minimum Gasteiger partial charge on any atom is -0.496 e. The first kappa shape index (κ1) is 13.7. The maximum absolute atomic E-state index is 12.0. The van der Waals surface area contributed by atoms with E-state index in [1.165, 1.54) is 7.11 Å². The number of ether oxygens (including phenoxy) is 1. The van der Waals surface area contributed by atoms with Gasteiger partial charge < -0.3 is 9.84 Å². The summed E-state index contributed by atoms with van der Waals surface area (Å²) < 4.78 is 5.13. The Morgan fingerprint density at radius 1 is 1.35 bits per heavy atom. The van der Waals surface area contributed by atoms with E-state index in [9.17, 15) is 9.90 Å². The van der Waals surface area contributed by atoms with Gasteiger partial charge in [0.05, 0.1) is 18.8 Å². The summed E-state index contributed by atoms with van der Waals surface area (Å²) >= 11 is 0. The van der Waals surface area contributed by atoms with Crippen LogP contribution in [0.5, 0.6) is 5.75 Å². The van der Waals surface area contributed by atoms with Gasteiger partial charge in [0.15, 0.2) is 5.78 Å². The quantitative estimate of drug-likeness (QED) is 0.817. The van der Waals surface area contributed by atoms with Crippen LogP contribution in [0.15, 0.2) is 24.3 Å². The number of carbonyl (C=O) groups excluding carboxylic acids is 1. The number of benzene rings is 1. The van der Waals surface area contributed by atoms with E-state index < -0.39 is 6.10 Å². The minimum absolute atomic E-state index is 0.0927. The van der Waals surface area contributed by atoms with Crippen LogP contribution in [0.3, 0.4) is 0 Å². The van der Waals surface area contributed by atoms with Gasteiger partial charge in [-0.15, -0.1) is 0 Å². The third-order valence-corrected chi connectivity index (χ3v) is 2.79. The molecule has 1 atom stereocenters. The number of Topliss-reactive ketones (excluding diaryl/α,β-unsaturated/α-hetero) is 1. The molecule has 0 aromatic heterocycles. The molecule has 1 N–H and O–H groups in total. The molecule has 3 heteroatoms. The number of methoxy groups -OCH3 is 1. The molecular weight excluding hydrogens is 216 g/mol. The van der Waals surface area contributed by atoms with Crippen molar-refractivity contribution in [3.05, 3.63) is 29.8 Å². The number of carbonyl (C=O) groups is 1. The summed E-state index contributed by atoms with van der Waals surface area (Å²) in [4.78, 5) is 12.0. The van der Waals surface area contributed by atoms with Crippen molar-refractivity contribution in [2.24, 2.45) is 5.41 Å². The van der Waals surface area contributed by atoms with Crippen molar-refractivity contribution >= 4 is 5.78 Å². The largest absolute Gasteiger partial charge is 0.496 e. The number of aliphatic hydroxyl groups excluding tert-OH is 1. The van der Waals surface area contributed by atoms with Gasteiger partial charge in [-0.05, 0) is 17.5 Å². The van der Waals surface area contributed by atoms with Gasteiger partial charge in [-0.3, -0.25) is 4.79 Å². The van der Waals surface area contributed by atoms with Crippen molar-refractivity contribution in [2.75, 3.05) is 7.11 Å². The Morgan fingerprint density at radius 2 is 1.94 bits per heavy atom. The number of aliphatic hydroxyl groups is 1. The summed E-state index contributed by atoms with van der Waals surface area (Å²) in [5, 5.41) is 9.92. The van der Waals surface area contributed by atoms with Gasteiger partial charge in [-0.2, -0.15) is 0 Å². The van der Waals surface area contributed by atoms with Crippen LogP contribution >= 0.6 is 0 Å². The highest BCUT2D eigenvalue weighted by Crippen LogP contribution is 2.25. The van der Waals surface area contributed by atoms with E-state index in [1.807, 2.05) is 26.8 Å². The topological polar surface area (TPSA) is 46.5 Å². The van der Waals surface area contributed by atoms with Gasteiger partial charge in [-0.1, -0.05) is 32.9 Å². The Bertz CT molecular complexity index is 391. The molecule has 0 saturated heterocycles. The van der Waals surface area contributed by atoms with E-state index in [0.29, 0.717) is 11.3 Å². The van der Waals surface area contributed by atoms with Gasteiger partial charge >= 0.3 is 0 Å². The second-order valence-electron chi connectivity index (χ2n) is 5.21. The van der Waals surface area contributed by atoms with E-state index in [2.05, 4.69) is 0 Å². The second kappa shape index (κ2) is 5.32. The van der Waals surface area contributed by atoms with Gasteiger partial charge in [-0.25, -0.2) is 0 Å². The zero-order valence-electron chi connectivity index (χ0n) is 10.9. The van der Waals surface area contributed by atoms with Crippen molar-refractivity contribution in [2.45, 2.75) is 33.3 Å². The fourth-order valence-electron chi connectivity index (χ4n) is 1.47. The molecule has 3 nitrogen and oxygen atoms in total. The van der Waals surface area contributed by atoms with E-state index in [-0.39, 0.29) is 17.6 Å². The van der Waals surface area contributed by atoms with Crippen molar-refractivity contribution in [3.63, 3.8) is 0 Å². The molecular formula is C14H20O3. The molecule has 0 saturated carbocycles. The third kappa shape index (κ3) is 3.56. The number of ketones is 1. The predicted octanol–water partition coefficient (Wildman–Crippen LogP) is 2.68. The van der Waals surface area contributed by atoms with Gasteiger partial charge in [0.1, 0.15) is 5.75 Å². The lowest BCUT2D eigenvalue weighted by Gasteiger charge is -2.25. The van der Waals surface area contributed by atoms with E-state index in [1.54, 1.807) is 18.2 Å². The van der Waals surface area contributed by atoms with Crippen molar-refractivity contribution in [1.82, 2.24) is 0 Å². The van der Waals surface area contributed by atoms with E-state index >= 15 is 0 Å². The maximum Gasteiger partial charge on any atom is 0.169 e. The number of rotatable bonds is 4. The molecule has 1 unspecified atom stereocenters. The maximum atomic E-state index is 12.0. The molecule has 0 bridgehead atoms. The van der Waals surface area contributed by atoms with E-state index in [4.69, 9.17) is 4.74 Å². The van der Waals surface area contributed by atoms with Gasteiger partial charge in [0.25, 0.3) is 0 Å². The first-order chi connectivity index (χ1) is 7.86. The molecule has 94 valence electrons. The third-order valence-electron chi connectivity index (χ3n) is 2.79. The lowest BCUT2D eigenvalue weighted by Crippen LogP contribution is -2.28. The number of hydrogen-bond donors (Lipinski definition) is 1. The van der Waals surface area contributed by atoms with E-state index in [0.717, 1.165) is 0 Å². The molecule has 0 aliphatic heterocycles. The van der Waals surface area contributed by atoms with Gasteiger partial charge in [0.2, 0.25) is 0 Å². The molecule has 1 aromatic carbocycles. The molecule has 17 heavy (non-hydrogen) atoms. The average molecular weight is 236 g/mol. The first-order valence-corrected chi connectivity index (χ1v) is 5.70. The first-order valence-electron chi connectivity index (χ1n) is 5.70. The normalized spacial score (nSPS) is 13.2. The summed E-state index contributed by atoms with van der Waals surface area (Å²) in [6.45, 7) is 5.73. The fraction of sp³-hybridized carbons (Fsp3) is 0.500. The Balaban J connectivity index is 2.84. The van der Waals surface area contributed by atoms with Crippen LogP contribution in [0.4, 0.5) is 0 Å². The second-order valence-corrected chi connectivity index (χ2v) is 5.21. The molecule has 0 aliphatic carbocycles. The van der Waals surface area contributed by atoms with Crippen LogP contribution in [-0.2, 0) is 0 Å². The summed E-state index contributed by atoms with van der Waals surface area (Å²) in [5.41, 5.74) is 0.232. The molecule has 0 spiro atoms. The lowest BCUT2D eigenvalue weighted by atomic mass is 9.85. The zero-order valence-corrected chi connectivity index (χ0v) is 10.9. The van der Waals surface area contributed by atoms with Crippen molar-refractivity contribution in [3.8, 4) is 5.75 Å². The Kier molecular flexibility index (Phi) is 4.29. The van der Waals surface area contributed by atoms with Crippen LogP contribution in [-0.4, -0.2) is 24.1 Å². The number of hydrogen-bond acceptors (Lipinski definition) is 3. The molecule has 0 radical (unpaired) electrons. The highest BCUT2D eigenvalue weighted by atomic mass is 16.5. The van der Waals surface area contributed by atoms with Crippen LogP contribution in [0, 0.1) is 5.41 Å². The molecule has 1 rings (SSSR count). The summed E-state index contributed by atoms with van der Waals surface area (Å²) in [7, 11) is 1.53. The standard InChI is InChI=1S/C14H20O3/c1-14(2,3)13(16)9-11(15)10-7-5-6-8-12(10)17-4/h5-8,13,16H,9H2,1-4H3. The summed E-state index contributed by atoms with van der Waals surface area (Å²) in [5.74, 6) is 0.462. The zero-order chi connectivity index (χ0) is 13.1. The van der Waals surface area contributed by atoms with Crippen LogP contribution < -0.4 is 4.74 Å². The van der Waals surface area contributed by atoms with Crippen LogP contribution in [0.1, 0.15) is 37.6 Å². The van der Waals surface area contributed by atoms with Crippen LogP contribution in [0.25, 0.3) is 0 Å². The summed E-state index contributed by atoms with van der Waals surface area (Å²) in [6.07, 6.45) is -0.538. The fourth-order valence-corrected chi connectivity index (χ4v) is 1.47. The molecule has 0 fully saturated rings. The lowest BCUT2D eigenvalue weighted by molar-refractivity contribution is 0.0493. The highest BCUT2D eigenvalue weighted by Gasteiger charge is 2.26. The average Bonchev–Trinajstić information content (AvgIpc) is 2.27. The van der Waals surface area contributed by atoms with Crippen LogP contribution in [0.2, 0.25) is 0 Å².